The predicted molar refractivity (Wildman–Crippen MR) is 107 cm³/mol. The Morgan fingerprint density at radius 1 is 1.04 bits per heavy atom. The first kappa shape index (κ1) is 19.1. The molecule has 0 atom stereocenters. The molecule has 0 radical (unpaired) electrons. The van der Waals surface area contributed by atoms with E-state index in [4.69, 9.17) is 0 Å². The lowest BCUT2D eigenvalue weighted by Crippen LogP contribution is -2.46. The lowest BCUT2D eigenvalue weighted by Gasteiger charge is -2.27. The first-order chi connectivity index (χ1) is 13.1. The number of amides is 2. The maximum absolute atomic E-state index is 12.7. The Balaban J connectivity index is 1.59. The number of carbonyl (C=O) groups is 2. The molecular weight excluding hydrogens is 340 g/mol. The minimum Gasteiger partial charge on any atom is -0.351 e. The van der Waals surface area contributed by atoms with Crippen molar-refractivity contribution >= 4 is 17.5 Å². The highest BCUT2D eigenvalue weighted by Gasteiger charge is 2.16. The molecule has 2 amide bonds. The van der Waals surface area contributed by atoms with Crippen molar-refractivity contribution < 1.29 is 9.59 Å². The van der Waals surface area contributed by atoms with Gasteiger partial charge in [-0.25, -0.2) is 0 Å². The summed E-state index contributed by atoms with van der Waals surface area (Å²) in [7, 11) is 1.73. The van der Waals surface area contributed by atoms with Gasteiger partial charge in [-0.15, -0.1) is 0 Å². The summed E-state index contributed by atoms with van der Waals surface area (Å²) in [5, 5.41) is 6.26. The highest BCUT2D eigenvalue weighted by Crippen LogP contribution is 2.15. The Kier molecular flexibility index (Phi) is 6.57. The third kappa shape index (κ3) is 5.15. The second kappa shape index (κ2) is 9.30. The zero-order chi connectivity index (χ0) is 19.1. The van der Waals surface area contributed by atoms with Crippen molar-refractivity contribution in [1.82, 2.24) is 15.5 Å². The molecule has 1 fully saturated rings. The molecule has 0 aliphatic carbocycles. The second-order valence-electron chi connectivity index (χ2n) is 6.63. The fourth-order valence-corrected chi connectivity index (χ4v) is 3.12. The number of benzene rings is 2. The zero-order valence-corrected chi connectivity index (χ0v) is 15.6. The fourth-order valence-electron chi connectivity index (χ4n) is 3.12. The molecule has 0 unspecified atom stereocenters. The molecule has 6 heteroatoms. The van der Waals surface area contributed by atoms with Gasteiger partial charge in [-0.1, -0.05) is 24.3 Å². The van der Waals surface area contributed by atoms with Crippen molar-refractivity contribution in [1.29, 1.82) is 0 Å². The smallest absolute Gasteiger partial charge is 0.258 e. The van der Waals surface area contributed by atoms with Crippen LogP contribution in [0.1, 0.15) is 20.7 Å². The van der Waals surface area contributed by atoms with Gasteiger partial charge in [-0.2, -0.15) is 0 Å². The van der Waals surface area contributed by atoms with Crippen molar-refractivity contribution in [3.8, 4) is 0 Å². The molecule has 0 saturated carbocycles. The van der Waals surface area contributed by atoms with E-state index in [-0.39, 0.29) is 11.8 Å². The topological polar surface area (TPSA) is 64.7 Å². The van der Waals surface area contributed by atoms with Crippen LogP contribution in [-0.2, 0) is 0 Å². The van der Waals surface area contributed by atoms with Crippen molar-refractivity contribution in [2.24, 2.45) is 0 Å². The third-order valence-corrected chi connectivity index (χ3v) is 4.74. The van der Waals surface area contributed by atoms with Crippen LogP contribution in [0.4, 0.5) is 5.69 Å². The van der Waals surface area contributed by atoms with E-state index < -0.39 is 0 Å². The van der Waals surface area contributed by atoms with Crippen LogP contribution in [0.3, 0.4) is 0 Å². The number of para-hydroxylation sites is 1. The number of nitrogens with one attached hydrogen (secondary N) is 2. The summed E-state index contributed by atoms with van der Waals surface area (Å²) in [6.45, 7) is 5.43. The molecule has 2 aromatic rings. The van der Waals surface area contributed by atoms with E-state index in [0.717, 1.165) is 38.4 Å². The van der Waals surface area contributed by atoms with Crippen molar-refractivity contribution in [3.05, 3.63) is 65.7 Å². The van der Waals surface area contributed by atoms with Crippen LogP contribution in [0.15, 0.2) is 54.6 Å². The van der Waals surface area contributed by atoms with Gasteiger partial charge in [0.15, 0.2) is 0 Å². The summed E-state index contributed by atoms with van der Waals surface area (Å²) < 4.78 is 0. The molecule has 3 rings (SSSR count). The van der Waals surface area contributed by atoms with Gasteiger partial charge in [-0.05, 0) is 30.3 Å². The predicted octanol–water partition coefficient (Wildman–Crippen LogP) is 1.60. The molecule has 2 aromatic carbocycles. The Morgan fingerprint density at radius 3 is 2.48 bits per heavy atom. The first-order valence-corrected chi connectivity index (χ1v) is 9.29. The molecule has 1 aliphatic rings. The van der Waals surface area contributed by atoms with E-state index in [1.807, 2.05) is 30.3 Å². The summed E-state index contributed by atoms with van der Waals surface area (Å²) in [6.07, 6.45) is 0. The van der Waals surface area contributed by atoms with Crippen LogP contribution in [0, 0.1) is 0 Å². The minimum absolute atomic E-state index is 0.142. The number of piperazine rings is 1. The fraction of sp³-hybridized carbons (Fsp3) is 0.333. The van der Waals surface area contributed by atoms with E-state index in [1.54, 1.807) is 36.2 Å². The van der Waals surface area contributed by atoms with Crippen LogP contribution in [0.2, 0.25) is 0 Å². The van der Waals surface area contributed by atoms with E-state index in [9.17, 15) is 9.59 Å². The van der Waals surface area contributed by atoms with Crippen LogP contribution < -0.4 is 15.5 Å². The molecule has 0 aromatic heterocycles. The van der Waals surface area contributed by atoms with Gasteiger partial charge < -0.3 is 15.5 Å². The summed E-state index contributed by atoms with van der Waals surface area (Å²) in [5.41, 5.74) is 1.81. The second-order valence-corrected chi connectivity index (χ2v) is 6.63. The van der Waals surface area contributed by atoms with Crippen LogP contribution in [-0.4, -0.2) is 63.0 Å². The Hall–Kier alpha value is -2.70. The van der Waals surface area contributed by atoms with Gasteiger partial charge in [0.25, 0.3) is 11.8 Å². The molecule has 142 valence electrons. The summed E-state index contributed by atoms with van der Waals surface area (Å²) in [4.78, 5) is 29.1. The molecule has 0 bridgehead atoms. The monoisotopic (exact) mass is 366 g/mol. The van der Waals surface area contributed by atoms with Gasteiger partial charge in [0.1, 0.15) is 0 Å². The standard InChI is InChI=1S/C21H26N4O2/c1-24(19-8-3-2-4-9-19)21(27)18-7-5-6-17(16-18)20(26)23-12-15-25-13-10-22-11-14-25/h2-9,16,22H,10-15H2,1H3,(H,23,26). The number of hydrogen-bond donors (Lipinski definition) is 2. The van der Waals surface area contributed by atoms with E-state index in [1.165, 1.54) is 0 Å². The molecular formula is C21H26N4O2. The largest absolute Gasteiger partial charge is 0.351 e. The maximum Gasteiger partial charge on any atom is 0.258 e. The molecule has 6 nitrogen and oxygen atoms in total. The summed E-state index contributed by atoms with van der Waals surface area (Å²) in [6, 6.07) is 16.3. The van der Waals surface area contributed by atoms with Crippen molar-refractivity contribution in [2.75, 3.05) is 51.2 Å². The van der Waals surface area contributed by atoms with Crippen LogP contribution in [0.25, 0.3) is 0 Å². The van der Waals surface area contributed by atoms with Gasteiger partial charge in [0, 0.05) is 63.1 Å². The number of rotatable bonds is 6. The third-order valence-electron chi connectivity index (χ3n) is 4.74. The molecule has 1 saturated heterocycles. The lowest BCUT2D eigenvalue weighted by atomic mass is 10.1. The van der Waals surface area contributed by atoms with Gasteiger partial charge >= 0.3 is 0 Å². The molecule has 1 heterocycles. The molecule has 0 spiro atoms. The zero-order valence-electron chi connectivity index (χ0n) is 15.6. The SMILES string of the molecule is CN(C(=O)c1cccc(C(=O)NCCN2CCNCC2)c1)c1ccccc1. The Bertz CT molecular complexity index is 773. The quantitative estimate of drug-likeness (QED) is 0.815. The average molecular weight is 366 g/mol. The van der Waals surface area contributed by atoms with Gasteiger partial charge in [0.2, 0.25) is 0 Å². The number of nitrogens with zero attached hydrogens (tertiary/aromatic N) is 2. The number of hydrogen-bond acceptors (Lipinski definition) is 4. The van der Waals surface area contributed by atoms with Crippen LogP contribution in [0.5, 0.6) is 0 Å². The average Bonchev–Trinajstić information content (AvgIpc) is 2.74. The van der Waals surface area contributed by atoms with Gasteiger partial charge in [0.05, 0.1) is 0 Å². The van der Waals surface area contributed by atoms with E-state index in [0.29, 0.717) is 17.7 Å². The van der Waals surface area contributed by atoms with Crippen LogP contribution >= 0.6 is 0 Å². The Labute approximate surface area is 160 Å². The maximum atomic E-state index is 12.7. The van der Waals surface area contributed by atoms with Crippen molar-refractivity contribution in [3.63, 3.8) is 0 Å². The normalized spacial score (nSPS) is 14.6. The molecule has 27 heavy (non-hydrogen) atoms. The van der Waals surface area contributed by atoms with Gasteiger partial charge in [-0.3, -0.25) is 14.5 Å². The van der Waals surface area contributed by atoms with E-state index in [2.05, 4.69) is 15.5 Å². The highest BCUT2D eigenvalue weighted by molar-refractivity contribution is 6.07. The summed E-state index contributed by atoms with van der Waals surface area (Å²) in [5.74, 6) is -0.293. The number of carbonyl (C=O) groups excluding carboxylic acids is 2. The highest BCUT2D eigenvalue weighted by atomic mass is 16.2. The number of anilines is 1. The van der Waals surface area contributed by atoms with Crippen molar-refractivity contribution in [2.45, 2.75) is 0 Å². The first-order valence-electron chi connectivity index (χ1n) is 9.29. The van der Waals surface area contributed by atoms with E-state index >= 15 is 0 Å². The molecule has 1 aliphatic heterocycles. The molecule has 2 N–H and O–H groups in total. The lowest BCUT2D eigenvalue weighted by molar-refractivity contribution is 0.0947. The minimum atomic E-state index is -0.151. The summed E-state index contributed by atoms with van der Waals surface area (Å²) >= 11 is 0. The Morgan fingerprint density at radius 2 is 1.74 bits per heavy atom.